The number of aryl methyl sites for hydroxylation is 1. The van der Waals surface area contributed by atoms with Gasteiger partial charge in [0.1, 0.15) is 0 Å². The molecule has 0 spiro atoms. The van der Waals surface area contributed by atoms with E-state index in [2.05, 4.69) is 0 Å². The molecule has 2 aromatic rings. The first kappa shape index (κ1) is 15.1. The molecule has 1 heterocycles. The monoisotopic (exact) mass is 303 g/mol. The lowest BCUT2D eigenvalue weighted by Gasteiger charge is -2.22. The maximum absolute atomic E-state index is 12.6. The third kappa shape index (κ3) is 3.61. The molecule has 0 aliphatic heterocycles. The number of amides is 2. The van der Waals surface area contributed by atoms with E-state index in [1.807, 2.05) is 30.5 Å². The Morgan fingerprint density at radius 2 is 1.95 bits per heavy atom. The van der Waals surface area contributed by atoms with Crippen molar-refractivity contribution in [2.75, 3.05) is 12.3 Å². The predicted octanol–water partition coefficient (Wildman–Crippen LogP) is 1.77. The summed E-state index contributed by atoms with van der Waals surface area (Å²) in [7, 11) is 0. The number of primary amides is 1. The van der Waals surface area contributed by atoms with Gasteiger partial charge in [-0.3, -0.25) is 9.59 Å². The van der Waals surface area contributed by atoms with Crippen molar-refractivity contribution in [2.24, 2.45) is 5.73 Å². The van der Waals surface area contributed by atoms with Gasteiger partial charge in [0.2, 0.25) is 5.91 Å². The van der Waals surface area contributed by atoms with E-state index in [1.54, 1.807) is 11.4 Å². The van der Waals surface area contributed by atoms with Gasteiger partial charge in [-0.05, 0) is 29.5 Å². The van der Waals surface area contributed by atoms with Gasteiger partial charge < -0.3 is 16.4 Å². The second-order valence-electron chi connectivity index (χ2n) is 4.79. The normalized spacial score (nSPS) is 10.3. The number of thiophene rings is 1. The fourth-order valence-corrected chi connectivity index (χ4v) is 2.84. The standard InChI is InChI=1S/C15H17N3O2S/c1-10-8-21-9-12(10)15(20)18(7-14(17)19)6-11-4-2-3-5-13(11)16/h2-5,8-9H,6-7,16H2,1H3,(H2,17,19). The Kier molecular flexibility index (Phi) is 4.59. The minimum atomic E-state index is -0.550. The van der Waals surface area contributed by atoms with E-state index in [1.165, 1.54) is 16.2 Å². The van der Waals surface area contributed by atoms with Gasteiger partial charge in [0.15, 0.2) is 0 Å². The van der Waals surface area contributed by atoms with Gasteiger partial charge in [-0.15, -0.1) is 0 Å². The summed E-state index contributed by atoms with van der Waals surface area (Å²) >= 11 is 1.45. The number of carbonyl (C=O) groups is 2. The molecule has 5 nitrogen and oxygen atoms in total. The number of anilines is 1. The summed E-state index contributed by atoms with van der Waals surface area (Å²) in [5.74, 6) is -0.762. The zero-order valence-electron chi connectivity index (χ0n) is 11.7. The van der Waals surface area contributed by atoms with Crippen molar-refractivity contribution in [1.82, 2.24) is 4.90 Å². The fourth-order valence-electron chi connectivity index (χ4n) is 2.02. The van der Waals surface area contributed by atoms with Crippen LogP contribution in [0.3, 0.4) is 0 Å². The van der Waals surface area contributed by atoms with Gasteiger partial charge in [0, 0.05) is 17.6 Å². The molecule has 0 radical (unpaired) electrons. The van der Waals surface area contributed by atoms with Crippen molar-refractivity contribution in [1.29, 1.82) is 0 Å². The van der Waals surface area contributed by atoms with Crippen molar-refractivity contribution in [2.45, 2.75) is 13.5 Å². The zero-order chi connectivity index (χ0) is 15.4. The van der Waals surface area contributed by atoms with Crippen LogP contribution in [0.15, 0.2) is 35.0 Å². The average Bonchev–Trinajstić information content (AvgIpc) is 2.85. The van der Waals surface area contributed by atoms with Crippen LogP contribution in [0.25, 0.3) is 0 Å². The Labute approximate surface area is 127 Å². The highest BCUT2D eigenvalue weighted by Crippen LogP contribution is 2.19. The molecular weight excluding hydrogens is 286 g/mol. The summed E-state index contributed by atoms with van der Waals surface area (Å²) in [5, 5.41) is 3.67. The summed E-state index contributed by atoms with van der Waals surface area (Å²) in [4.78, 5) is 25.2. The van der Waals surface area contributed by atoms with Crippen LogP contribution in [0, 0.1) is 6.92 Å². The molecule has 1 aromatic heterocycles. The maximum atomic E-state index is 12.6. The Morgan fingerprint density at radius 3 is 2.52 bits per heavy atom. The lowest BCUT2D eigenvalue weighted by atomic mass is 10.1. The minimum absolute atomic E-state index is 0.136. The number of para-hydroxylation sites is 1. The topological polar surface area (TPSA) is 89.4 Å². The molecule has 0 saturated heterocycles. The second-order valence-corrected chi connectivity index (χ2v) is 5.54. The maximum Gasteiger partial charge on any atom is 0.255 e. The number of nitrogen functional groups attached to an aromatic ring is 1. The van der Waals surface area contributed by atoms with Crippen LogP contribution >= 0.6 is 11.3 Å². The highest BCUT2D eigenvalue weighted by molar-refractivity contribution is 7.08. The van der Waals surface area contributed by atoms with Crippen molar-refractivity contribution in [3.8, 4) is 0 Å². The minimum Gasteiger partial charge on any atom is -0.398 e. The van der Waals surface area contributed by atoms with Crippen LogP contribution in [0.1, 0.15) is 21.5 Å². The highest BCUT2D eigenvalue weighted by Gasteiger charge is 2.20. The number of nitrogens with zero attached hydrogens (tertiary/aromatic N) is 1. The summed E-state index contributed by atoms with van der Waals surface area (Å²) in [6.07, 6.45) is 0. The van der Waals surface area contributed by atoms with Gasteiger partial charge in [-0.1, -0.05) is 18.2 Å². The number of hydrogen-bond acceptors (Lipinski definition) is 4. The molecule has 0 saturated carbocycles. The predicted molar refractivity (Wildman–Crippen MR) is 83.8 cm³/mol. The van der Waals surface area contributed by atoms with E-state index in [0.29, 0.717) is 11.3 Å². The van der Waals surface area contributed by atoms with Crippen molar-refractivity contribution >= 4 is 28.8 Å². The highest BCUT2D eigenvalue weighted by atomic mass is 32.1. The molecule has 0 fully saturated rings. The van der Waals surface area contributed by atoms with E-state index < -0.39 is 5.91 Å². The van der Waals surface area contributed by atoms with Crippen LogP contribution in [-0.4, -0.2) is 23.3 Å². The molecule has 6 heteroatoms. The number of benzene rings is 1. The fraction of sp³-hybridized carbons (Fsp3) is 0.200. The van der Waals surface area contributed by atoms with E-state index >= 15 is 0 Å². The summed E-state index contributed by atoms with van der Waals surface area (Å²) in [6.45, 7) is 1.98. The number of hydrogen-bond donors (Lipinski definition) is 2. The van der Waals surface area contributed by atoms with Crippen LogP contribution in [0.5, 0.6) is 0 Å². The van der Waals surface area contributed by atoms with Crippen molar-refractivity contribution in [3.05, 3.63) is 51.7 Å². The molecule has 4 N–H and O–H groups in total. The SMILES string of the molecule is Cc1cscc1C(=O)N(CC(N)=O)Cc1ccccc1N. The molecule has 0 unspecified atom stereocenters. The largest absolute Gasteiger partial charge is 0.398 e. The van der Waals surface area contributed by atoms with Crippen LogP contribution in [0.2, 0.25) is 0 Å². The molecule has 21 heavy (non-hydrogen) atoms. The quantitative estimate of drug-likeness (QED) is 0.825. The van der Waals surface area contributed by atoms with E-state index in [9.17, 15) is 9.59 Å². The Morgan fingerprint density at radius 1 is 1.24 bits per heavy atom. The van der Waals surface area contributed by atoms with Gasteiger partial charge >= 0.3 is 0 Å². The summed E-state index contributed by atoms with van der Waals surface area (Å²) < 4.78 is 0. The number of carbonyl (C=O) groups excluding carboxylic acids is 2. The lowest BCUT2D eigenvalue weighted by molar-refractivity contribution is -0.118. The van der Waals surface area contributed by atoms with Gasteiger partial charge in [0.05, 0.1) is 12.1 Å². The lowest BCUT2D eigenvalue weighted by Crippen LogP contribution is -2.38. The molecule has 0 aliphatic rings. The molecule has 2 rings (SSSR count). The Bertz CT molecular complexity index is 666. The van der Waals surface area contributed by atoms with Crippen LogP contribution in [-0.2, 0) is 11.3 Å². The van der Waals surface area contributed by atoms with Crippen molar-refractivity contribution < 1.29 is 9.59 Å². The molecular formula is C15H17N3O2S. The molecule has 0 atom stereocenters. The van der Waals surface area contributed by atoms with Crippen molar-refractivity contribution in [3.63, 3.8) is 0 Å². The van der Waals surface area contributed by atoms with Crippen LogP contribution in [0.4, 0.5) is 5.69 Å². The first-order valence-electron chi connectivity index (χ1n) is 6.42. The number of rotatable bonds is 5. The summed E-state index contributed by atoms with van der Waals surface area (Å²) in [5.41, 5.74) is 14.0. The smallest absolute Gasteiger partial charge is 0.255 e. The summed E-state index contributed by atoms with van der Waals surface area (Å²) in [6, 6.07) is 7.26. The molecule has 0 bridgehead atoms. The first-order chi connectivity index (χ1) is 9.99. The number of nitrogens with two attached hydrogens (primary N) is 2. The third-order valence-corrected chi connectivity index (χ3v) is 4.00. The zero-order valence-corrected chi connectivity index (χ0v) is 12.5. The van der Waals surface area contributed by atoms with E-state index in [4.69, 9.17) is 11.5 Å². The van der Waals surface area contributed by atoms with Gasteiger partial charge in [-0.25, -0.2) is 0 Å². The Hall–Kier alpha value is -2.34. The molecule has 1 aromatic carbocycles. The van der Waals surface area contributed by atoms with Gasteiger partial charge in [-0.2, -0.15) is 11.3 Å². The van der Waals surface area contributed by atoms with Gasteiger partial charge in [0.25, 0.3) is 5.91 Å². The second kappa shape index (κ2) is 6.41. The van der Waals surface area contributed by atoms with E-state index in [-0.39, 0.29) is 19.0 Å². The average molecular weight is 303 g/mol. The molecule has 0 aliphatic carbocycles. The molecule has 110 valence electrons. The third-order valence-electron chi connectivity index (χ3n) is 3.14. The first-order valence-corrected chi connectivity index (χ1v) is 7.37. The van der Waals surface area contributed by atoms with Crippen LogP contribution < -0.4 is 11.5 Å². The Balaban J connectivity index is 2.27. The molecule has 2 amide bonds. The van der Waals surface area contributed by atoms with E-state index in [0.717, 1.165) is 11.1 Å².